The van der Waals surface area contributed by atoms with Gasteiger partial charge in [0, 0.05) is 49.3 Å². The van der Waals surface area contributed by atoms with Crippen molar-refractivity contribution in [3.63, 3.8) is 0 Å². The van der Waals surface area contributed by atoms with E-state index in [4.69, 9.17) is 0 Å². The first-order valence-corrected chi connectivity index (χ1v) is 8.48. The van der Waals surface area contributed by atoms with Gasteiger partial charge in [-0.25, -0.2) is 9.97 Å². The maximum atomic E-state index is 12.6. The van der Waals surface area contributed by atoms with Crippen molar-refractivity contribution in [2.24, 2.45) is 5.92 Å². The summed E-state index contributed by atoms with van der Waals surface area (Å²) in [5.74, 6) is 0.335. The molecule has 1 fully saturated rings. The van der Waals surface area contributed by atoms with Crippen LogP contribution in [0, 0.1) is 5.92 Å². The highest BCUT2D eigenvalue weighted by molar-refractivity contribution is 5.94. The molecule has 0 saturated carbocycles. The Hall–Kier alpha value is -2.54. The third kappa shape index (κ3) is 4.30. The zero-order chi connectivity index (χ0) is 17.8. The first kappa shape index (κ1) is 17.3. The Kier molecular flexibility index (Phi) is 5.23. The van der Waals surface area contributed by atoms with Crippen LogP contribution in [0.3, 0.4) is 0 Å². The van der Waals surface area contributed by atoms with Crippen molar-refractivity contribution in [1.29, 1.82) is 0 Å². The summed E-state index contributed by atoms with van der Waals surface area (Å²) in [4.78, 5) is 26.9. The second kappa shape index (κ2) is 7.57. The summed E-state index contributed by atoms with van der Waals surface area (Å²) in [6, 6.07) is 5.95. The van der Waals surface area contributed by atoms with Gasteiger partial charge in [0.15, 0.2) is 0 Å². The van der Waals surface area contributed by atoms with Gasteiger partial charge in [-0.15, -0.1) is 0 Å². The van der Waals surface area contributed by atoms with E-state index in [1.807, 2.05) is 32.0 Å². The zero-order valence-corrected chi connectivity index (χ0v) is 14.5. The minimum atomic E-state index is -0.547. The fourth-order valence-electron chi connectivity index (χ4n) is 2.96. The van der Waals surface area contributed by atoms with Gasteiger partial charge in [-0.3, -0.25) is 9.78 Å². The number of carbonyl (C=O) groups is 1. The van der Waals surface area contributed by atoms with Crippen LogP contribution in [0.15, 0.2) is 36.8 Å². The van der Waals surface area contributed by atoms with Crippen molar-refractivity contribution in [2.45, 2.75) is 32.4 Å². The van der Waals surface area contributed by atoms with Crippen molar-refractivity contribution in [3.05, 3.63) is 48.0 Å². The Morgan fingerprint density at radius 2 is 2.04 bits per heavy atom. The largest absolute Gasteiger partial charge is 0.391 e. The Morgan fingerprint density at radius 3 is 2.68 bits per heavy atom. The van der Waals surface area contributed by atoms with Gasteiger partial charge >= 0.3 is 0 Å². The van der Waals surface area contributed by atoms with Gasteiger partial charge in [0.25, 0.3) is 5.91 Å². The highest BCUT2D eigenvalue weighted by Gasteiger charge is 2.34. The molecule has 0 spiro atoms. The predicted octanol–water partition coefficient (Wildman–Crippen LogP) is 1.37. The van der Waals surface area contributed by atoms with E-state index in [1.165, 1.54) is 12.4 Å². The van der Waals surface area contributed by atoms with Crippen LogP contribution in [-0.4, -0.2) is 56.1 Å². The maximum Gasteiger partial charge on any atom is 0.257 e. The third-order valence-electron chi connectivity index (χ3n) is 4.21. The van der Waals surface area contributed by atoms with E-state index in [2.05, 4.69) is 20.3 Å². The molecule has 7 heteroatoms. The molecule has 0 aromatic carbocycles. The van der Waals surface area contributed by atoms with Crippen LogP contribution in [0.4, 0.5) is 5.95 Å². The molecule has 3 rings (SSSR count). The Balaban J connectivity index is 1.63. The molecule has 2 atom stereocenters. The molecule has 25 heavy (non-hydrogen) atoms. The van der Waals surface area contributed by atoms with Gasteiger partial charge < -0.3 is 15.3 Å². The van der Waals surface area contributed by atoms with Crippen LogP contribution in [0.5, 0.6) is 0 Å². The minimum Gasteiger partial charge on any atom is -0.391 e. The van der Waals surface area contributed by atoms with Crippen molar-refractivity contribution in [2.75, 3.05) is 18.4 Å². The van der Waals surface area contributed by atoms with Gasteiger partial charge in [-0.2, -0.15) is 0 Å². The molecule has 1 amide bonds. The quantitative estimate of drug-likeness (QED) is 0.853. The number of anilines is 1. The Bertz CT molecular complexity index is 705. The number of pyridine rings is 1. The summed E-state index contributed by atoms with van der Waals surface area (Å²) >= 11 is 0. The molecule has 0 bridgehead atoms. The van der Waals surface area contributed by atoms with Crippen LogP contribution in [0.1, 0.15) is 29.9 Å². The van der Waals surface area contributed by atoms with E-state index in [9.17, 15) is 9.90 Å². The normalized spacial score (nSPS) is 20.1. The Labute approximate surface area is 147 Å². The number of β-amino-alcohol motifs (C(OH)–C–C–N with tert-alkyl or cyclic N) is 1. The highest BCUT2D eigenvalue weighted by Crippen LogP contribution is 2.22. The smallest absolute Gasteiger partial charge is 0.257 e. The lowest BCUT2D eigenvalue weighted by atomic mass is 10.00. The monoisotopic (exact) mass is 341 g/mol. The summed E-state index contributed by atoms with van der Waals surface area (Å²) in [5.41, 5.74) is 1.35. The second-order valence-corrected chi connectivity index (χ2v) is 6.66. The molecule has 1 aliphatic heterocycles. The molecule has 2 N–H and O–H groups in total. The molecule has 2 aromatic rings. The van der Waals surface area contributed by atoms with E-state index < -0.39 is 6.10 Å². The number of nitrogens with zero attached hydrogens (tertiary/aromatic N) is 4. The molecule has 0 aliphatic carbocycles. The molecule has 1 aliphatic rings. The van der Waals surface area contributed by atoms with E-state index >= 15 is 0 Å². The topological polar surface area (TPSA) is 91.2 Å². The molecule has 0 radical (unpaired) electrons. The third-order valence-corrected chi connectivity index (χ3v) is 4.21. The lowest BCUT2D eigenvalue weighted by molar-refractivity contribution is 0.0764. The fourth-order valence-corrected chi connectivity index (χ4v) is 2.96. The molecule has 7 nitrogen and oxygen atoms in total. The van der Waals surface area contributed by atoms with Gasteiger partial charge in [0.05, 0.1) is 11.7 Å². The van der Waals surface area contributed by atoms with E-state index in [0.717, 1.165) is 5.69 Å². The summed E-state index contributed by atoms with van der Waals surface area (Å²) in [6.07, 6.45) is 4.90. The molecule has 132 valence electrons. The average Bonchev–Trinajstić information content (AvgIpc) is 2.96. The summed E-state index contributed by atoms with van der Waals surface area (Å²) in [7, 11) is 0. The number of nitrogens with one attached hydrogen (secondary N) is 1. The van der Waals surface area contributed by atoms with Crippen molar-refractivity contribution in [1.82, 2.24) is 19.9 Å². The average molecular weight is 341 g/mol. The highest BCUT2D eigenvalue weighted by atomic mass is 16.3. The molecular weight excluding hydrogens is 318 g/mol. The summed E-state index contributed by atoms with van der Waals surface area (Å²) in [6.45, 7) is 4.82. The lowest BCUT2D eigenvalue weighted by Gasteiger charge is -2.16. The summed E-state index contributed by atoms with van der Waals surface area (Å²) in [5, 5.41) is 13.4. The van der Waals surface area contributed by atoms with E-state index in [-0.39, 0.29) is 17.9 Å². The number of hydrogen-bond acceptors (Lipinski definition) is 6. The van der Waals surface area contributed by atoms with Crippen molar-refractivity contribution in [3.8, 4) is 0 Å². The lowest BCUT2D eigenvalue weighted by Crippen LogP contribution is -2.30. The van der Waals surface area contributed by atoms with Crippen LogP contribution < -0.4 is 5.32 Å². The van der Waals surface area contributed by atoms with Gasteiger partial charge in [0.1, 0.15) is 0 Å². The molecule has 3 heterocycles. The van der Waals surface area contributed by atoms with E-state index in [0.29, 0.717) is 31.0 Å². The SMILES string of the molecule is CC(C)Nc1ncc(C(=O)N2C[C@@H](Cc3ccccn3)[C@H](O)C2)cn1. The minimum absolute atomic E-state index is 0.0124. The number of aliphatic hydroxyl groups excluding tert-OH is 1. The fraction of sp³-hybridized carbons (Fsp3) is 0.444. The first-order valence-electron chi connectivity index (χ1n) is 8.48. The van der Waals surface area contributed by atoms with Gasteiger partial charge in [-0.1, -0.05) is 6.07 Å². The molecular formula is C18H23N5O2. The molecule has 0 unspecified atom stereocenters. The summed E-state index contributed by atoms with van der Waals surface area (Å²) < 4.78 is 0. The second-order valence-electron chi connectivity index (χ2n) is 6.66. The van der Waals surface area contributed by atoms with Gasteiger partial charge in [0.2, 0.25) is 5.95 Å². The molecule has 1 saturated heterocycles. The number of amides is 1. The first-order chi connectivity index (χ1) is 12.0. The van der Waals surface area contributed by atoms with Crippen LogP contribution in [0.25, 0.3) is 0 Å². The standard InChI is InChI=1S/C18H23N5O2/c1-12(2)22-18-20-8-14(9-21-18)17(25)23-10-13(16(24)11-23)7-15-5-3-4-6-19-15/h3-6,8-9,12-13,16,24H,7,10-11H2,1-2H3,(H,20,21,22)/t13-,16-/m1/s1. The number of hydrogen-bond donors (Lipinski definition) is 2. The van der Waals surface area contributed by atoms with E-state index in [1.54, 1.807) is 11.1 Å². The maximum absolute atomic E-state index is 12.6. The number of likely N-dealkylation sites (tertiary alicyclic amines) is 1. The predicted molar refractivity (Wildman–Crippen MR) is 94.1 cm³/mol. The van der Waals surface area contributed by atoms with Crippen molar-refractivity contribution < 1.29 is 9.90 Å². The number of rotatable bonds is 5. The number of aliphatic hydroxyl groups is 1. The van der Waals surface area contributed by atoms with Gasteiger partial charge in [-0.05, 0) is 32.4 Å². The molecule has 2 aromatic heterocycles. The van der Waals surface area contributed by atoms with Crippen molar-refractivity contribution >= 4 is 11.9 Å². The number of aromatic nitrogens is 3. The number of carbonyl (C=O) groups excluding carboxylic acids is 1. The van der Waals surface area contributed by atoms with Crippen LogP contribution in [-0.2, 0) is 6.42 Å². The Morgan fingerprint density at radius 1 is 1.28 bits per heavy atom. The van der Waals surface area contributed by atoms with Crippen LogP contribution >= 0.6 is 0 Å². The van der Waals surface area contributed by atoms with Crippen LogP contribution in [0.2, 0.25) is 0 Å². The zero-order valence-electron chi connectivity index (χ0n) is 14.5.